The van der Waals surface area contributed by atoms with Crippen LogP contribution in [-0.4, -0.2) is 10.9 Å². The molecule has 2 rings (SSSR count). The highest BCUT2D eigenvalue weighted by Gasteiger charge is 2.07. The number of nitrogens with zero attached hydrogens (tertiary/aromatic N) is 1. The number of aryl methyl sites for hydroxylation is 1. The van der Waals surface area contributed by atoms with E-state index in [0.29, 0.717) is 18.8 Å². The molecule has 1 aromatic carbocycles. The Labute approximate surface area is 112 Å². The first-order valence-electron chi connectivity index (χ1n) is 6.19. The number of hydrogen-bond donors (Lipinski definition) is 2. The molecule has 2 aromatic rings. The lowest BCUT2D eigenvalue weighted by Gasteiger charge is -2.09. The summed E-state index contributed by atoms with van der Waals surface area (Å²) >= 11 is 0. The van der Waals surface area contributed by atoms with E-state index in [-0.39, 0.29) is 5.91 Å². The number of nitrogens with one attached hydrogen (secondary N) is 1. The number of nitrogens with two attached hydrogens (primary N) is 1. The standard InChI is InChI=1S/C15H17N3O/c1-11-5-4-8-14(18-11)15(19)17-10-13-7-3-2-6-12(13)9-16/h2-8H,9-10,16H2,1H3,(H,17,19). The second kappa shape index (κ2) is 6.11. The molecule has 0 spiro atoms. The van der Waals surface area contributed by atoms with Crippen molar-refractivity contribution in [2.45, 2.75) is 20.0 Å². The topological polar surface area (TPSA) is 68.0 Å². The molecule has 19 heavy (non-hydrogen) atoms. The minimum absolute atomic E-state index is 0.171. The molecule has 98 valence electrons. The summed E-state index contributed by atoms with van der Waals surface area (Å²) in [7, 11) is 0. The number of amides is 1. The van der Waals surface area contributed by atoms with E-state index in [9.17, 15) is 4.79 Å². The highest BCUT2D eigenvalue weighted by Crippen LogP contribution is 2.07. The second-order valence-electron chi connectivity index (χ2n) is 4.32. The molecule has 4 nitrogen and oxygen atoms in total. The van der Waals surface area contributed by atoms with E-state index in [1.165, 1.54) is 0 Å². The minimum atomic E-state index is -0.171. The molecule has 0 saturated carbocycles. The highest BCUT2D eigenvalue weighted by atomic mass is 16.1. The highest BCUT2D eigenvalue weighted by molar-refractivity contribution is 5.92. The van der Waals surface area contributed by atoms with Crippen LogP contribution < -0.4 is 11.1 Å². The number of carbonyl (C=O) groups excluding carboxylic acids is 1. The van der Waals surface area contributed by atoms with E-state index in [1.807, 2.05) is 43.3 Å². The van der Waals surface area contributed by atoms with Gasteiger partial charge in [-0.1, -0.05) is 30.3 Å². The smallest absolute Gasteiger partial charge is 0.270 e. The number of hydrogen-bond acceptors (Lipinski definition) is 3. The molecule has 0 radical (unpaired) electrons. The van der Waals surface area contributed by atoms with Crippen molar-refractivity contribution < 1.29 is 4.79 Å². The Morgan fingerprint density at radius 3 is 2.58 bits per heavy atom. The van der Waals surface area contributed by atoms with E-state index in [1.54, 1.807) is 6.07 Å². The first-order chi connectivity index (χ1) is 9.20. The number of pyridine rings is 1. The van der Waals surface area contributed by atoms with Gasteiger partial charge in [-0.15, -0.1) is 0 Å². The Morgan fingerprint density at radius 2 is 1.89 bits per heavy atom. The molecule has 0 aliphatic carbocycles. The van der Waals surface area contributed by atoms with E-state index < -0.39 is 0 Å². The van der Waals surface area contributed by atoms with Gasteiger partial charge in [-0.2, -0.15) is 0 Å². The van der Waals surface area contributed by atoms with Crippen molar-refractivity contribution in [3.63, 3.8) is 0 Å². The summed E-state index contributed by atoms with van der Waals surface area (Å²) in [5.74, 6) is -0.171. The van der Waals surface area contributed by atoms with Gasteiger partial charge in [-0.25, -0.2) is 4.98 Å². The van der Waals surface area contributed by atoms with Crippen molar-refractivity contribution in [3.05, 3.63) is 65.0 Å². The van der Waals surface area contributed by atoms with Crippen LogP contribution in [0, 0.1) is 6.92 Å². The van der Waals surface area contributed by atoms with E-state index >= 15 is 0 Å². The molecular formula is C15H17N3O. The van der Waals surface area contributed by atoms with Gasteiger partial charge in [0.1, 0.15) is 5.69 Å². The summed E-state index contributed by atoms with van der Waals surface area (Å²) in [6.45, 7) is 2.79. The largest absolute Gasteiger partial charge is 0.347 e. The van der Waals surface area contributed by atoms with Gasteiger partial charge in [0.05, 0.1) is 0 Å². The van der Waals surface area contributed by atoms with Crippen molar-refractivity contribution in [3.8, 4) is 0 Å². The van der Waals surface area contributed by atoms with Crippen molar-refractivity contribution in [1.82, 2.24) is 10.3 Å². The summed E-state index contributed by atoms with van der Waals surface area (Å²) in [6, 6.07) is 13.2. The van der Waals surface area contributed by atoms with Gasteiger partial charge in [0.2, 0.25) is 0 Å². The Bertz CT molecular complexity index is 581. The third-order valence-corrected chi connectivity index (χ3v) is 2.90. The predicted octanol–water partition coefficient (Wildman–Crippen LogP) is 1.78. The molecule has 3 N–H and O–H groups in total. The lowest BCUT2D eigenvalue weighted by atomic mass is 10.1. The van der Waals surface area contributed by atoms with Crippen molar-refractivity contribution >= 4 is 5.91 Å². The van der Waals surface area contributed by atoms with Gasteiger partial charge in [-0.3, -0.25) is 4.79 Å². The SMILES string of the molecule is Cc1cccc(C(=O)NCc2ccccc2CN)n1. The van der Waals surface area contributed by atoms with Gasteiger partial charge in [0.15, 0.2) is 0 Å². The predicted molar refractivity (Wildman–Crippen MR) is 74.5 cm³/mol. The van der Waals surface area contributed by atoms with Crippen LogP contribution in [0.4, 0.5) is 0 Å². The van der Waals surface area contributed by atoms with Crippen LogP contribution in [0.25, 0.3) is 0 Å². The monoisotopic (exact) mass is 255 g/mol. The number of benzene rings is 1. The van der Waals surface area contributed by atoms with Crippen molar-refractivity contribution in [2.24, 2.45) is 5.73 Å². The zero-order valence-electron chi connectivity index (χ0n) is 10.9. The maximum Gasteiger partial charge on any atom is 0.270 e. The second-order valence-corrected chi connectivity index (χ2v) is 4.32. The zero-order chi connectivity index (χ0) is 13.7. The lowest BCUT2D eigenvalue weighted by Crippen LogP contribution is -2.24. The first kappa shape index (κ1) is 13.2. The minimum Gasteiger partial charge on any atom is -0.347 e. The van der Waals surface area contributed by atoms with Crippen LogP contribution in [0.2, 0.25) is 0 Å². The van der Waals surface area contributed by atoms with Crippen molar-refractivity contribution in [1.29, 1.82) is 0 Å². The molecule has 1 heterocycles. The van der Waals surface area contributed by atoms with Crippen LogP contribution in [-0.2, 0) is 13.1 Å². The fourth-order valence-electron chi connectivity index (χ4n) is 1.86. The number of carbonyl (C=O) groups is 1. The summed E-state index contributed by atoms with van der Waals surface area (Å²) in [6.07, 6.45) is 0. The molecule has 1 aromatic heterocycles. The van der Waals surface area contributed by atoms with Crippen LogP contribution in [0.15, 0.2) is 42.5 Å². The Morgan fingerprint density at radius 1 is 1.16 bits per heavy atom. The Balaban J connectivity index is 2.04. The summed E-state index contributed by atoms with van der Waals surface area (Å²) in [5.41, 5.74) is 9.00. The van der Waals surface area contributed by atoms with Crippen LogP contribution in [0.5, 0.6) is 0 Å². The van der Waals surface area contributed by atoms with Gasteiger partial charge >= 0.3 is 0 Å². The summed E-state index contributed by atoms with van der Waals surface area (Å²) < 4.78 is 0. The average molecular weight is 255 g/mol. The molecule has 0 unspecified atom stereocenters. The van der Waals surface area contributed by atoms with E-state index in [4.69, 9.17) is 5.73 Å². The molecule has 0 aliphatic heterocycles. The summed E-state index contributed by atoms with van der Waals surface area (Å²) in [4.78, 5) is 16.2. The summed E-state index contributed by atoms with van der Waals surface area (Å²) in [5, 5.41) is 2.86. The molecular weight excluding hydrogens is 238 g/mol. The fraction of sp³-hybridized carbons (Fsp3) is 0.200. The average Bonchev–Trinajstić information content (AvgIpc) is 2.45. The third-order valence-electron chi connectivity index (χ3n) is 2.90. The zero-order valence-corrected chi connectivity index (χ0v) is 10.9. The molecule has 0 bridgehead atoms. The molecule has 0 aliphatic rings. The quantitative estimate of drug-likeness (QED) is 0.875. The maximum atomic E-state index is 12.0. The van der Waals surface area contributed by atoms with Crippen LogP contribution in [0.3, 0.4) is 0 Å². The van der Waals surface area contributed by atoms with Gasteiger partial charge in [-0.05, 0) is 30.2 Å². The number of aromatic nitrogens is 1. The molecule has 0 saturated heterocycles. The molecule has 0 fully saturated rings. The van der Waals surface area contributed by atoms with Crippen LogP contribution >= 0.6 is 0 Å². The molecule has 0 atom stereocenters. The Kier molecular flexibility index (Phi) is 4.26. The molecule has 4 heteroatoms. The van der Waals surface area contributed by atoms with Crippen molar-refractivity contribution in [2.75, 3.05) is 0 Å². The van der Waals surface area contributed by atoms with E-state index in [0.717, 1.165) is 16.8 Å². The van der Waals surface area contributed by atoms with E-state index in [2.05, 4.69) is 10.3 Å². The van der Waals surface area contributed by atoms with Crippen LogP contribution in [0.1, 0.15) is 27.3 Å². The lowest BCUT2D eigenvalue weighted by molar-refractivity contribution is 0.0945. The molecule has 1 amide bonds. The normalized spacial score (nSPS) is 10.2. The van der Waals surface area contributed by atoms with Gasteiger partial charge in [0.25, 0.3) is 5.91 Å². The Hall–Kier alpha value is -2.20. The fourth-order valence-corrected chi connectivity index (χ4v) is 1.86. The van der Waals surface area contributed by atoms with Gasteiger partial charge in [0, 0.05) is 18.8 Å². The first-order valence-corrected chi connectivity index (χ1v) is 6.19. The number of rotatable bonds is 4. The maximum absolute atomic E-state index is 12.0. The third kappa shape index (κ3) is 3.39. The van der Waals surface area contributed by atoms with Gasteiger partial charge < -0.3 is 11.1 Å².